The van der Waals surface area contributed by atoms with Gasteiger partial charge in [-0.2, -0.15) is 13.2 Å². The van der Waals surface area contributed by atoms with E-state index in [1.54, 1.807) is 0 Å². The molecule has 1 atom stereocenters. The van der Waals surface area contributed by atoms with Crippen LogP contribution in [0.4, 0.5) is 13.2 Å². The Labute approximate surface area is 115 Å². The molecule has 4 nitrogen and oxygen atoms in total. The maximum Gasteiger partial charge on any atom is 0.433 e. The number of alkyl halides is 3. The van der Waals surface area contributed by atoms with Gasteiger partial charge >= 0.3 is 6.18 Å². The minimum atomic E-state index is -4.53. The molecule has 7 heteroatoms. The Hall–Kier alpha value is -1.63. The summed E-state index contributed by atoms with van der Waals surface area (Å²) in [5, 5.41) is 12.0. The standard InChI is InChI=1S/C13H17F3N2O2/c1-8(2)5-10(19)7-18-12(20)9-3-4-11(17-6-9)13(14,15)16/h3-4,6,8,10,19H,5,7H2,1-2H3,(H,18,20). The zero-order valence-corrected chi connectivity index (χ0v) is 11.2. The van der Waals surface area contributed by atoms with Gasteiger partial charge in [0, 0.05) is 12.7 Å². The summed E-state index contributed by atoms with van der Waals surface area (Å²) in [6.07, 6.45) is -3.80. The topological polar surface area (TPSA) is 62.2 Å². The van der Waals surface area contributed by atoms with Crippen molar-refractivity contribution in [1.82, 2.24) is 10.3 Å². The van der Waals surface area contributed by atoms with E-state index in [1.165, 1.54) is 0 Å². The van der Waals surface area contributed by atoms with Gasteiger partial charge in [-0.3, -0.25) is 9.78 Å². The van der Waals surface area contributed by atoms with Crippen molar-refractivity contribution in [3.63, 3.8) is 0 Å². The molecule has 112 valence electrons. The van der Waals surface area contributed by atoms with Crippen molar-refractivity contribution in [3.05, 3.63) is 29.6 Å². The lowest BCUT2D eigenvalue weighted by Crippen LogP contribution is -2.32. The summed E-state index contributed by atoms with van der Waals surface area (Å²) in [7, 11) is 0. The zero-order valence-electron chi connectivity index (χ0n) is 11.2. The summed E-state index contributed by atoms with van der Waals surface area (Å²) in [4.78, 5) is 14.9. The fourth-order valence-corrected chi connectivity index (χ4v) is 1.64. The highest BCUT2D eigenvalue weighted by atomic mass is 19.4. The van der Waals surface area contributed by atoms with Crippen LogP contribution in [-0.4, -0.2) is 28.6 Å². The van der Waals surface area contributed by atoms with Gasteiger partial charge in [0.05, 0.1) is 11.7 Å². The molecule has 0 radical (unpaired) electrons. The van der Waals surface area contributed by atoms with Gasteiger partial charge in [0.2, 0.25) is 0 Å². The Morgan fingerprint density at radius 1 is 1.40 bits per heavy atom. The number of nitrogens with one attached hydrogen (secondary N) is 1. The molecule has 0 fully saturated rings. The maximum absolute atomic E-state index is 12.3. The molecule has 2 N–H and O–H groups in total. The Balaban J connectivity index is 2.56. The summed E-state index contributed by atoms with van der Waals surface area (Å²) in [5.74, 6) is -0.274. The van der Waals surface area contributed by atoms with Gasteiger partial charge in [0.25, 0.3) is 5.91 Å². The molecule has 1 aromatic heterocycles. The van der Waals surface area contributed by atoms with E-state index in [1.807, 2.05) is 13.8 Å². The molecule has 1 amide bonds. The number of carbonyl (C=O) groups excluding carboxylic acids is 1. The lowest BCUT2D eigenvalue weighted by molar-refractivity contribution is -0.141. The number of halogens is 3. The number of amides is 1. The van der Waals surface area contributed by atoms with E-state index in [2.05, 4.69) is 10.3 Å². The number of aliphatic hydroxyl groups excluding tert-OH is 1. The third kappa shape index (κ3) is 5.16. The summed E-state index contributed by atoms with van der Waals surface area (Å²) in [5.41, 5.74) is -1.02. The van der Waals surface area contributed by atoms with E-state index in [4.69, 9.17) is 0 Å². The first kappa shape index (κ1) is 16.4. The predicted molar refractivity (Wildman–Crippen MR) is 67.0 cm³/mol. The van der Waals surface area contributed by atoms with Gasteiger partial charge < -0.3 is 10.4 Å². The van der Waals surface area contributed by atoms with E-state index in [-0.39, 0.29) is 18.0 Å². The lowest BCUT2D eigenvalue weighted by Gasteiger charge is -2.14. The number of pyridine rings is 1. The van der Waals surface area contributed by atoms with E-state index in [0.717, 1.165) is 18.3 Å². The van der Waals surface area contributed by atoms with E-state index in [0.29, 0.717) is 6.42 Å². The van der Waals surface area contributed by atoms with Crippen LogP contribution in [0.3, 0.4) is 0 Å². The van der Waals surface area contributed by atoms with Crippen LogP contribution in [0.1, 0.15) is 36.3 Å². The van der Waals surface area contributed by atoms with E-state index in [9.17, 15) is 23.1 Å². The van der Waals surface area contributed by atoms with Crippen molar-refractivity contribution in [2.45, 2.75) is 32.5 Å². The first-order valence-electron chi connectivity index (χ1n) is 6.19. The van der Waals surface area contributed by atoms with Crippen molar-refractivity contribution in [1.29, 1.82) is 0 Å². The molecule has 1 heterocycles. The Morgan fingerprint density at radius 3 is 2.50 bits per heavy atom. The number of aromatic nitrogens is 1. The highest BCUT2D eigenvalue weighted by Gasteiger charge is 2.32. The van der Waals surface area contributed by atoms with Crippen LogP contribution in [0.25, 0.3) is 0 Å². The molecule has 0 aliphatic rings. The molecule has 0 aliphatic carbocycles. The highest BCUT2D eigenvalue weighted by molar-refractivity contribution is 5.93. The Kier molecular flexibility index (Phi) is 5.50. The van der Waals surface area contributed by atoms with Crippen LogP contribution < -0.4 is 5.32 Å². The van der Waals surface area contributed by atoms with Gasteiger partial charge in [0.1, 0.15) is 5.69 Å². The molecule has 0 saturated carbocycles. The summed E-state index contributed by atoms with van der Waals surface area (Å²) < 4.78 is 36.9. The molecule has 0 saturated heterocycles. The van der Waals surface area contributed by atoms with Crippen LogP contribution >= 0.6 is 0 Å². The minimum absolute atomic E-state index is 0.0229. The van der Waals surface area contributed by atoms with Gasteiger partial charge in [-0.15, -0.1) is 0 Å². The summed E-state index contributed by atoms with van der Waals surface area (Å²) in [6.45, 7) is 3.92. The number of hydrogen-bond acceptors (Lipinski definition) is 3. The van der Waals surface area contributed by atoms with E-state index < -0.39 is 23.9 Å². The summed E-state index contributed by atoms with van der Waals surface area (Å²) >= 11 is 0. The molecule has 1 aromatic rings. The second-order valence-electron chi connectivity index (χ2n) is 4.92. The molecule has 20 heavy (non-hydrogen) atoms. The predicted octanol–water partition coefficient (Wildman–Crippen LogP) is 2.24. The Morgan fingerprint density at radius 2 is 2.05 bits per heavy atom. The first-order valence-corrected chi connectivity index (χ1v) is 6.19. The largest absolute Gasteiger partial charge is 0.433 e. The average molecular weight is 290 g/mol. The van der Waals surface area contributed by atoms with Gasteiger partial charge in [0.15, 0.2) is 0 Å². The zero-order chi connectivity index (χ0) is 15.3. The molecular weight excluding hydrogens is 273 g/mol. The normalized spacial score (nSPS) is 13.3. The quantitative estimate of drug-likeness (QED) is 0.874. The first-order chi connectivity index (χ1) is 9.20. The van der Waals surface area contributed by atoms with Gasteiger partial charge in [-0.05, 0) is 24.5 Å². The number of rotatable bonds is 5. The molecule has 0 aromatic carbocycles. The van der Waals surface area contributed by atoms with Crippen molar-refractivity contribution in [2.75, 3.05) is 6.54 Å². The smallest absolute Gasteiger partial charge is 0.391 e. The van der Waals surface area contributed by atoms with Crippen molar-refractivity contribution >= 4 is 5.91 Å². The van der Waals surface area contributed by atoms with Gasteiger partial charge in [-0.25, -0.2) is 0 Å². The van der Waals surface area contributed by atoms with Crippen LogP contribution in [0.2, 0.25) is 0 Å². The highest BCUT2D eigenvalue weighted by Crippen LogP contribution is 2.27. The Bertz CT molecular complexity index is 444. The van der Waals surface area contributed by atoms with Crippen molar-refractivity contribution in [2.24, 2.45) is 5.92 Å². The fraction of sp³-hybridized carbons (Fsp3) is 0.538. The SMILES string of the molecule is CC(C)CC(O)CNC(=O)c1ccc(C(F)(F)F)nc1. The lowest BCUT2D eigenvalue weighted by atomic mass is 10.1. The van der Waals surface area contributed by atoms with Gasteiger partial charge in [-0.1, -0.05) is 13.8 Å². The number of carbonyl (C=O) groups is 1. The molecular formula is C13H17F3N2O2. The second-order valence-corrected chi connectivity index (χ2v) is 4.92. The third-order valence-corrected chi connectivity index (χ3v) is 2.56. The molecule has 0 bridgehead atoms. The molecule has 1 rings (SSSR count). The van der Waals surface area contributed by atoms with Crippen molar-refractivity contribution in [3.8, 4) is 0 Å². The third-order valence-electron chi connectivity index (χ3n) is 2.56. The monoisotopic (exact) mass is 290 g/mol. The second kappa shape index (κ2) is 6.69. The average Bonchev–Trinajstić information content (AvgIpc) is 2.34. The minimum Gasteiger partial charge on any atom is -0.391 e. The van der Waals surface area contributed by atoms with Crippen molar-refractivity contribution < 1.29 is 23.1 Å². The van der Waals surface area contributed by atoms with Crippen LogP contribution in [0, 0.1) is 5.92 Å². The summed E-state index contributed by atoms with van der Waals surface area (Å²) in [6, 6.07) is 1.81. The maximum atomic E-state index is 12.3. The molecule has 0 aliphatic heterocycles. The molecule has 1 unspecified atom stereocenters. The van der Waals surface area contributed by atoms with Crippen LogP contribution in [-0.2, 0) is 6.18 Å². The fourth-order valence-electron chi connectivity index (χ4n) is 1.64. The van der Waals surface area contributed by atoms with Crippen LogP contribution in [0.15, 0.2) is 18.3 Å². The van der Waals surface area contributed by atoms with Crippen LogP contribution in [0.5, 0.6) is 0 Å². The number of nitrogens with zero attached hydrogens (tertiary/aromatic N) is 1. The molecule has 0 spiro atoms. The van der Waals surface area contributed by atoms with E-state index >= 15 is 0 Å². The number of aliphatic hydroxyl groups is 1. The number of hydrogen-bond donors (Lipinski definition) is 2.